The van der Waals surface area contributed by atoms with E-state index >= 15 is 0 Å². The van der Waals surface area contributed by atoms with E-state index in [0.29, 0.717) is 5.92 Å². The van der Waals surface area contributed by atoms with Crippen LogP contribution in [-0.2, 0) is 20.1 Å². The van der Waals surface area contributed by atoms with E-state index in [1.165, 1.54) is 18.4 Å². The topological polar surface area (TPSA) is 51.8 Å². The van der Waals surface area contributed by atoms with Crippen LogP contribution in [0.4, 0.5) is 0 Å². The summed E-state index contributed by atoms with van der Waals surface area (Å²) < 4.78 is 4.28. The highest BCUT2D eigenvalue weighted by atomic mass is 15.3. The van der Waals surface area contributed by atoms with Gasteiger partial charge < -0.3 is 9.13 Å². The van der Waals surface area contributed by atoms with Crippen molar-refractivity contribution in [3.63, 3.8) is 0 Å². The van der Waals surface area contributed by atoms with Crippen molar-refractivity contribution >= 4 is 0 Å². The van der Waals surface area contributed by atoms with Gasteiger partial charge in [-0.25, -0.2) is 4.98 Å². The molecule has 6 heteroatoms. The van der Waals surface area contributed by atoms with Crippen molar-refractivity contribution in [3.05, 3.63) is 65.8 Å². The van der Waals surface area contributed by atoms with Gasteiger partial charge in [-0.2, -0.15) is 0 Å². The van der Waals surface area contributed by atoms with Crippen LogP contribution in [0.25, 0.3) is 0 Å². The predicted molar refractivity (Wildman–Crippen MR) is 101 cm³/mol. The van der Waals surface area contributed by atoms with Gasteiger partial charge >= 0.3 is 0 Å². The number of rotatable bonds is 5. The molecule has 0 aliphatic carbocycles. The van der Waals surface area contributed by atoms with Crippen molar-refractivity contribution in [1.29, 1.82) is 0 Å². The van der Waals surface area contributed by atoms with Crippen LogP contribution in [0.5, 0.6) is 0 Å². The number of hydrogen-bond donors (Lipinski definition) is 0. The Labute approximate surface area is 154 Å². The maximum Gasteiger partial charge on any atom is 0.152 e. The summed E-state index contributed by atoms with van der Waals surface area (Å²) in [4.78, 5) is 6.83. The average Bonchev–Trinajstić information content (AvgIpc) is 3.23. The van der Waals surface area contributed by atoms with Gasteiger partial charge in [-0.15, -0.1) is 10.2 Å². The molecule has 0 bridgehead atoms. The van der Waals surface area contributed by atoms with Gasteiger partial charge in [0, 0.05) is 38.4 Å². The van der Waals surface area contributed by atoms with Gasteiger partial charge in [0.15, 0.2) is 5.82 Å². The molecule has 1 aliphatic rings. The molecule has 2 aromatic heterocycles. The predicted octanol–water partition coefficient (Wildman–Crippen LogP) is 2.75. The molecule has 4 rings (SSSR count). The van der Waals surface area contributed by atoms with Crippen LogP contribution in [0, 0.1) is 6.92 Å². The molecule has 3 heterocycles. The minimum atomic E-state index is 0.447. The Morgan fingerprint density at radius 3 is 2.73 bits per heavy atom. The smallest absolute Gasteiger partial charge is 0.152 e. The summed E-state index contributed by atoms with van der Waals surface area (Å²) >= 11 is 0. The summed E-state index contributed by atoms with van der Waals surface area (Å²) in [6, 6.07) is 10.7. The third-order valence-electron chi connectivity index (χ3n) is 5.35. The molecule has 1 atom stereocenters. The zero-order chi connectivity index (χ0) is 17.9. The van der Waals surface area contributed by atoms with E-state index in [4.69, 9.17) is 0 Å². The van der Waals surface area contributed by atoms with E-state index in [2.05, 4.69) is 66.6 Å². The van der Waals surface area contributed by atoms with Crippen molar-refractivity contribution in [1.82, 2.24) is 29.2 Å². The van der Waals surface area contributed by atoms with Crippen molar-refractivity contribution in [3.8, 4) is 0 Å². The molecule has 0 radical (unpaired) electrons. The number of nitrogens with zero attached hydrogens (tertiary/aromatic N) is 6. The Morgan fingerprint density at radius 2 is 1.96 bits per heavy atom. The molecule has 0 N–H and O–H groups in total. The van der Waals surface area contributed by atoms with Crippen LogP contribution >= 0.6 is 0 Å². The zero-order valence-electron chi connectivity index (χ0n) is 15.5. The molecular weight excluding hydrogens is 324 g/mol. The number of benzene rings is 1. The third kappa shape index (κ3) is 3.55. The number of aromatic nitrogens is 5. The largest absolute Gasteiger partial charge is 0.328 e. The maximum absolute atomic E-state index is 4.54. The first-order valence-electron chi connectivity index (χ1n) is 9.33. The molecule has 0 saturated carbocycles. The van der Waals surface area contributed by atoms with Crippen molar-refractivity contribution in [2.75, 3.05) is 13.1 Å². The minimum absolute atomic E-state index is 0.447. The molecule has 26 heavy (non-hydrogen) atoms. The first-order chi connectivity index (χ1) is 12.7. The second-order valence-corrected chi connectivity index (χ2v) is 7.20. The monoisotopic (exact) mass is 350 g/mol. The molecule has 1 fully saturated rings. The quantitative estimate of drug-likeness (QED) is 0.710. The summed E-state index contributed by atoms with van der Waals surface area (Å²) in [7, 11) is 2.09. The van der Waals surface area contributed by atoms with Crippen LogP contribution < -0.4 is 0 Å². The Hall–Kier alpha value is -2.47. The van der Waals surface area contributed by atoms with Crippen molar-refractivity contribution < 1.29 is 0 Å². The molecule has 136 valence electrons. The average molecular weight is 350 g/mol. The second kappa shape index (κ2) is 7.41. The van der Waals surface area contributed by atoms with Gasteiger partial charge in [-0.3, -0.25) is 4.90 Å². The van der Waals surface area contributed by atoms with E-state index in [0.717, 1.165) is 43.7 Å². The summed E-state index contributed by atoms with van der Waals surface area (Å²) in [5.74, 6) is 3.54. The number of imidazole rings is 1. The van der Waals surface area contributed by atoms with Gasteiger partial charge in [0.1, 0.15) is 11.6 Å². The van der Waals surface area contributed by atoms with Gasteiger partial charge in [0.2, 0.25) is 0 Å². The Bertz CT molecular complexity index is 850. The van der Waals surface area contributed by atoms with Crippen molar-refractivity contribution in [2.24, 2.45) is 7.05 Å². The molecule has 3 aromatic rings. The fraction of sp³-hybridized carbons (Fsp3) is 0.450. The van der Waals surface area contributed by atoms with Crippen LogP contribution in [0.1, 0.15) is 41.8 Å². The highest BCUT2D eigenvalue weighted by molar-refractivity contribution is 5.15. The summed E-state index contributed by atoms with van der Waals surface area (Å²) in [6.07, 6.45) is 6.21. The molecular formula is C20H26N6. The summed E-state index contributed by atoms with van der Waals surface area (Å²) in [6.45, 7) is 5.95. The third-order valence-corrected chi connectivity index (χ3v) is 5.35. The number of piperidine rings is 1. The van der Waals surface area contributed by atoms with Crippen LogP contribution in [0.15, 0.2) is 42.7 Å². The lowest BCUT2D eigenvalue weighted by atomic mass is 9.96. The second-order valence-electron chi connectivity index (χ2n) is 7.20. The summed E-state index contributed by atoms with van der Waals surface area (Å²) in [5.41, 5.74) is 1.38. The van der Waals surface area contributed by atoms with E-state index in [9.17, 15) is 0 Å². The SMILES string of the molecule is Cc1nccn1Cc1nnc([C@@H]2CCCN(Cc3ccccc3)C2)n1C. The van der Waals surface area contributed by atoms with Crippen LogP contribution in [0.2, 0.25) is 0 Å². The maximum atomic E-state index is 4.54. The molecule has 1 aliphatic heterocycles. The van der Waals surface area contributed by atoms with Gasteiger partial charge in [-0.1, -0.05) is 30.3 Å². The first kappa shape index (κ1) is 17.0. The van der Waals surface area contributed by atoms with E-state index in [1.54, 1.807) is 0 Å². The molecule has 1 aromatic carbocycles. The normalized spacial score (nSPS) is 18.3. The van der Waals surface area contributed by atoms with Gasteiger partial charge in [0.05, 0.1) is 6.54 Å². The Kier molecular flexibility index (Phi) is 4.84. The Morgan fingerprint density at radius 1 is 1.12 bits per heavy atom. The standard InChI is InChI=1S/C20H26N6/c1-16-21-10-12-26(16)15-19-22-23-20(24(19)2)18-9-6-11-25(14-18)13-17-7-4-3-5-8-17/h3-5,7-8,10,12,18H,6,9,11,13-15H2,1-2H3/t18-/m1/s1. The number of hydrogen-bond acceptors (Lipinski definition) is 4. The zero-order valence-corrected chi connectivity index (χ0v) is 15.5. The van der Waals surface area contributed by atoms with E-state index in [1.807, 2.05) is 19.3 Å². The molecule has 0 spiro atoms. The lowest BCUT2D eigenvalue weighted by molar-refractivity contribution is 0.195. The number of likely N-dealkylation sites (tertiary alicyclic amines) is 1. The Balaban J connectivity index is 1.46. The highest BCUT2D eigenvalue weighted by Gasteiger charge is 2.26. The molecule has 0 unspecified atom stereocenters. The van der Waals surface area contributed by atoms with Gasteiger partial charge in [-0.05, 0) is 31.9 Å². The highest BCUT2D eigenvalue weighted by Crippen LogP contribution is 2.26. The fourth-order valence-corrected chi connectivity index (χ4v) is 3.84. The first-order valence-corrected chi connectivity index (χ1v) is 9.33. The van der Waals surface area contributed by atoms with Gasteiger partial charge in [0.25, 0.3) is 0 Å². The summed E-state index contributed by atoms with van der Waals surface area (Å²) in [5, 5.41) is 9.01. The minimum Gasteiger partial charge on any atom is -0.328 e. The molecule has 6 nitrogen and oxygen atoms in total. The molecule has 1 saturated heterocycles. The van der Waals surface area contributed by atoms with E-state index < -0.39 is 0 Å². The lowest BCUT2D eigenvalue weighted by Gasteiger charge is -2.32. The van der Waals surface area contributed by atoms with Crippen LogP contribution in [-0.4, -0.2) is 42.3 Å². The lowest BCUT2D eigenvalue weighted by Crippen LogP contribution is -2.34. The molecule has 0 amide bonds. The van der Waals surface area contributed by atoms with E-state index in [-0.39, 0.29) is 0 Å². The van der Waals surface area contributed by atoms with Crippen LogP contribution in [0.3, 0.4) is 0 Å². The fourth-order valence-electron chi connectivity index (χ4n) is 3.84. The van der Waals surface area contributed by atoms with Crippen molar-refractivity contribution in [2.45, 2.75) is 38.8 Å². The number of aryl methyl sites for hydroxylation is 1.